The molecule has 1 fully saturated rings. The van der Waals surface area contributed by atoms with Crippen molar-refractivity contribution in [2.45, 2.75) is 42.5 Å². The number of alkyl halides is 1. The lowest BCUT2D eigenvalue weighted by atomic mass is 10.1. The fourth-order valence-electron chi connectivity index (χ4n) is 2.28. The molecule has 1 aliphatic rings. The molecule has 0 bridgehead atoms. The van der Waals surface area contributed by atoms with Gasteiger partial charge in [-0.25, -0.2) is 13.2 Å². The van der Waals surface area contributed by atoms with E-state index in [1.165, 1.54) is 12.1 Å². The SMILES string of the molecule is CC[C@H](Br)[C@H]1CCOC(=O)N1S(=O)(=O)c1ccc(C)cc1. The van der Waals surface area contributed by atoms with E-state index in [0.29, 0.717) is 6.42 Å². The molecule has 0 radical (unpaired) electrons. The molecule has 1 heterocycles. The van der Waals surface area contributed by atoms with Gasteiger partial charge >= 0.3 is 6.09 Å². The standard InChI is InChI=1S/C14H18BrNO4S/c1-3-12(15)13-8-9-20-14(17)16(13)21(18,19)11-6-4-10(2)5-7-11/h4-7,12-13H,3,8-9H2,1-2H3/t12-,13+/m0/s1. The predicted octanol–water partition coefficient (Wildman–Crippen LogP) is 3.07. The number of hydrogen-bond donors (Lipinski definition) is 0. The summed E-state index contributed by atoms with van der Waals surface area (Å²) in [6.07, 6.45) is 0.406. The molecule has 0 aliphatic carbocycles. The quantitative estimate of drug-likeness (QED) is 0.758. The summed E-state index contributed by atoms with van der Waals surface area (Å²) in [5, 5.41) is 0. The Morgan fingerprint density at radius 2 is 2.00 bits per heavy atom. The zero-order valence-electron chi connectivity index (χ0n) is 12.0. The van der Waals surface area contributed by atoms with Crippen molar-refractivity contribution in [2.75, 3.05) is 6.61 Å². The molecule has 0 saturated carbocycles. The number of benzene rings is 1. The summed E-state index contributed by atoms with van der Waals surface area (Å²) in [7, 11) is -3.90. The van der Waals surface area contributed by atoms with Crippen LogP contribution in [0.1, 0.15) is 25.3 Å². The first-order chi connectivity index (χ1) is 9.87. The van der Waals surface area contributed by atoms with Gasteiger partial charge in [-0.05, 0) is 25.5 Å². The van der Waals surface area contributed by atoms with E-state index in [0.717, 1.165) is 16.3 Å². The third-order valence-electron chi connectivity index (χ3n) is 3.51. The lowest BCUT2D eigenvalue weighted by Crippen LogP contribution is -2.52. The van der Waals surface area contributed by atoms with Crippen LogP contribution in [0.3, 0.4) is 0 Å². The van der Waals surface area contributed by atoms with Gasteiger partial charge in [0.1, 0.15) is 0 Å². The first-order valence-corrected chi connectivity index (χ1v) is 9.15. The second-order valence-electron chi connectivity index (χ2n) is 5.01. The van der Waals surface area contributed by atoms with Gasteiger partial charge in [0, 0.05) is 11.2 Å². The van der Waals surface area contributed by atoms with Crippen LogP contribution in [0.25, 0.3) is 0 Å². The van der Waals surface area contributed by atoms with Crippen molar-refractivity contribution < 1.29 is 17.9 Å². The summed E-state index contributed by atoms with van der Waals surface area (Å²) >= 11 is 3.47. The number of sulfonamides is 1. The molecule has 0 aromatic heterocycles. The molecule has 5 nitrogen and oxygen atoms in total. The highest BCUT2D eigenvalue weighted by molar-refractivity contribution is 9.09. The molecule has 1 aliphatic heterocycles. The third-order valence-corrected chi connectivity index (χ3v) is 6.57. The summed E-state index contributed by atoms with van der Waals surface area (Å²) in [5.41, 5.74) is 0.957. The zero-order chi connectivity index (χ0) is 15.6. The molecule has 21 heavy (non-hydrogen) atoms. The number of halogens is 1. The fraction of sp³-hybridized carbons (Fsp3) is 0.500. The molecule has 1 aromatic carbocycles. The van der Waals surface area contributed by atoms with Crippen molar-refractivity contribution in [1.82, 2.24) is 4.31 Å². The maximum atomic E-state index is 12.7. The molecular formula is C14H18BrNO4S. The van der Waals surface area contributed by atoms with E-state index in [1.54, 1.807) is 12.1 Å². The molecule has 0 unspecified atom stereocenters. The van der Waals surface area contributed by atoms with Crippen LogP contribution in [-0.4, -0.2) is 36.3 Å². The molecule has 1 saturated heterocycles. The average Bonchev–Trinajstić information content (AvgIpc) is 2.46. The van der Waals surface area contributed by atoms with Gasteiger partial charge in [0.25, 0.3) is 10.0 Å². The highest BCUT2D eigenvalue weighted by atomic mass is 79.9. The Hall–Kier alpha value is -1.08. The first-order valence-electron chi connectivity index (χ1n) is 6.80. The molecule has 2 atom stereocenters. The van der Waals surface area contributed by atoms with Gasteiger partial charge in [-0.1, -0.05) is 40.5 Å². The predicted molar refractivity (Wildman–Crippen MR) is 83.0 cm³/mol. The van der Waals surface area contributed by atoms with Gasteiger partial charge in [0.15, 0.2) is 0 Å². The van der Waals surface area contributed by atoms with Crippen molar-refractivity contribution in [3.05, 3.63) is 29.8 Å². The van der Waals surface area contributed by atoms with Crippen molar-refractivity contribution in [1.29, 1.82) is 0 Å². The molecule has 1 amide bonds. The number of carbonyl (C=O) groups is 1. The topological polar surface area (TPSA) is 63.7 Å². The Kier molecular flexibility index (Phi) is 4.93. The van der Waals surface area contributed by atoms with Crippen LogP contribution < -0.4 is 0 Å². The number of rotatable bonds is 4. The highest BCUT2D eigenvalue weighted by Crippen LogP contribution is 2.29. The Balaban J connectivity index is 2.43. The fourth-order valence-corrected chi connectivity index (χ4v) is 4.51. The van der Waals surface area contributed by atoms with Crippen molar-refractivity contribution in [2.24, 2.45) is 0 Å². The van der Waals surface area contributed by atoms with Gasteiger partial charge < -0.3 is 4.74 Å². The number of amides is 1. The molecular weight excluding hydrogens is 358 g/mol. The van der Waals surface area contributed by atoms with Crippen molar-refractivity contribution in [3.8, 4) is 0 Å². The van der Waals surface area contributed by atoms with Crippen LogP contribution in [0, 0.1) is 6.92 Å². The lowest BCUT2D eigenvalue weighted by molar-refractivity contribution is 0.0785. The number of hydrogen-bond acceptors (Lipinski definition) is 4. The third kappa shape index (κ3) is 3.23. The smallest absolute Gasteiger partial charge is 0.424 e. The van der Waals surface area contributed by atoms with E-state index >= 15 is 0 Å². The molecule has 2 rings (SSSR count). The van der Waals surface area contributed by atoms with Crippen LogP contribution in [0.4, 0.5) is 4.79 Å². The van der Waals surface area contributed by atoms with Crippen LogP contribution >= 0.6 is 15.9 Å². The minimum atomic E-state index is -3.90. The number of aryl methyl sites for hydroxylation is 1. The van der Waals surface area contributed by atoms with Gasteiger partial charge in [-0.2, -0.15) is 4.31 Å². The number of nitrogens with zero attached hydrogens (tertiary/aromatic N) is 1. The molecule has 116 valence electrons. The number of cyclic esters (lactones) is 1. The Morgan fingerprint density at radius 3 is 2.57 bits per heavy atom. The number of carbonyl (C=O) groups excluding carboxylic acids is 1. The van der Waals surface area contributed by atoms with E-state index in [9.17, 15) is 13.2 Å². The van der Waals surface area contributed by atoms with E-state index in [2.05, 4.69) is 15.9 Å². The largest absolute Gasteiger partial charge is 0.449 e. The molecule has 0 N–H and O–H groups in total. The summed E-state index contributed by atoms with van der Waals surface area (Å²) in [6.45, 7) is 4.06. The number of ether oxygens (including phenoxy) is 1. The Bertz CT molecular complexity index is 614. The van der Waals surface area contributed by atoms with Gasteiger partial charge in [-0.3, -0.25) is 0 Å². The van der Waals surface area contributed by atoms with Crippen LogP contribution in [0.5, 0.6) is 0 Å². The average molecular weight is 376 g/mol. The normalized spacial score (nSPS) is 21.0. The second-order valence-corrected chi connectivity index (χ2v) is 8.00. The zero-order valence-corrected chi connectivity index (χ0v) is 14.4. The Morgan fingerprint density at radius 1 is 1.38 bits per heavy atom. The lowest BCUT2D eigenvalue weighted by Gasteiger charge is -2.36. The second kappa shape index (κ2) is 6.36. The van der Waals surface area contributed by atoms with Crippen molar-refractivity contribution in [3.63, 3.8) is 0 Å². The highest BCUT2D eigenvalue weighted by Gasteiger charge is 2.42. The van der Waals surface area contributed by atoms with Crippen molar-refractivity contribution >= 4 is 32.0 Å². The van der Waals surface area contributed by atoms with Crippen LogP contribution in [-0.2, 0) is 14.8 Å². The summed E-state index contributed by atoms with van der Waals surface area (Å²) in [5.74, 6) is 0. The van der Waals surface area contributed by atoms with E-state index in [1.807, 2.05) is 13.8 Å². The maximum Gasteiger partial charge on any atom is 0.424 e. The molecule has 7 heteroatoms. The minimum Gasteiger partial charge on any atom is -0.449 e. The van der Waals surface area contributed by atoms with E-state index < -0.39 is 22.2 Å². The van der Waals surface area contributed by atoms with Gasteiger partial charge in [0.2, 0.25) is 0 Å². The Labute approximate surface area is 133 Å². The summed E-state index contributed by atoms with van der Waals surface area (Å²) in [6, 6.07) is 6.02. The maximum absolute atomic E-state index is 12.7. The summed E-state index contributed by atoms with van der Waals surface area (Å²) in [4.78, 5) is 12.0. The van der Waals surface area contributed by atoms with E-state index in [-0.39, 0.29) is 16.3 Å². The minimum absolute atomic E-state index is 0.0921. The monoisotopic (exact) mass is 375 g/mol. The van der Waals surface area contributed by atoms with Crippen LogP contribution in [0.15, 0.2) is 29.2 Å². The van der Waals surface area contributed by atoms with Crippen LogP contribution in [0.2, 0.25) is 0 Å². The molecule has 0 spiro atoms. The van der Waals surface area contributed by atoms with E-state index in [4.69, 9.17) is 4.74 Å². The summed E-state index contributed by atoms with van der Waals surface area (Å²) < 4.78 is 31.3. The van der Waals surface area contributed by atoms with Gasteiger partial charge in [-0.15, -0.1) is 0 Å². The van der Waals surface area contributed by atoms with Gasteiger partial charge in [0.05, 0.1) is 17.5 Å². The first kappa shape index (κ1) is 16.3. The molecule has 1 aromatic rings.